The molecule has 2 aromatic carbocycles. The molecule has 0 saturated carbocycles. The van der Waals surface area contributed by atoms with Crippen LogP contribution in [-0.2, 0) is 9.53 Å². The molecule has 4 nitrogen and oxygen atoms in total. The minimum atomic E-state index is -0.505. The van der Waals surface area contributed by atoms with E-state index in [2.05, 4.69) is 12.6 Å². The van der Waals surface area contributed by atoms with E-state index < -0.39 is 12.1 Å². The third-order valence-electron chi connectivity index (χ3n) is 3.77. The van der Waals surface area contributed by atoms with Crippen LogP contribution in [0.4, 0.5) is 0 Å². The fourth-order valence-corrected chi connectivity index (χ4v) is 2.67. The summed E-state index contributed by atoms with van der Waals surface area (Å²) in [4.78, 5) is 11.9. The lowest BCUT2D eigenvalue weighted by Gasteiger charge is -2.18. The molecule has 0 aromatic heterocycles. The van der Waals surface area contributed by atoms with Gasteiger partial charge in [0, 0.05) is 5.57 Å². The minimum absolute atomic E-state index is 0.148. The molecule has 108 valence electrons. The molecule has 3 rings (SSSR count). The summed E-state index contributed by atoms with van der Waals surface area (Å²) in [6.07, 6.45) is -0.505. The summed E-state index contributed by atoms with van der Waals surface area (Å²) < 4.78 is 5.44. The van der Waals surface area contributed by atoms with Gasteiger partial charge in [-0.25, -0.2) is 4.79 Å². The first-order valence-corrected chi connectivity index (χ1v) is 6.79. The van der Waals surface area contributed by atoms with Crippen molar-refractivity contribution in [2.45, 2.75) is 12.0 Å². The van der Waals surface area contributed by atoms with Crippen molar-refractivity contribution in [3.8, 4) is 11.8 Å². The Hall–Kier alpha value is -3.06. The number of carbonyl (C=O) groups is 1. The molecule has 2 aromatic rings. The van der Waals surface area contributed by atoms with Crippen molar-refractivity contribution >= 4 is 5.97 Å². The molecule has 1 N–H and O–H groups in total. The maximum Gasteiger partial charge on any atom is 0.334 e. The zero-order valence-electron chi connectivity index (χ0n) is 11.7. The number of nitriles is 1. The summed E-state index contributed by atoms with van der Waals surface area (Å²) in [5, 5.41) is 18.4. The molecule has 4 heteroatoms. The molecule has 2 atom stereocenters. The van der Waals surface area contributed by atoms with Gasteiger partial charge in [-0.1, -0.05) is 30.8 Å². The number of phenols is 1. The Kier molecular flexibility index (Phi) is 3.40. The number of rotatable bonds is 2. The summed E-state index contributed by atoms with van der Waals surface area (Å²) in [6.45, 7) is 3.83. The van der Waals surface area contributed by atoms with Gasteiger partial charge in [-0.15, -0.1) is 0 Å². The number of hydrogen-bond donors (Lipinski definition) is 1. The van der Waals surface area contributed by atoms with Gasteiger partial charge in [-0.2, -0.15) is 5.26 Å². The summed E-state index contributed by atoms with van der Waals surface area (Å²) in [5.74, 6) is -0.634. The number of nitrogens with zero attached hydrogens (tertiary/aromatic N) is 1. The molecule has 1 heterocycles. The quantitative estimate of drug-likeness (QED) is 0.681. The second-order valence-electron chi connectivity index (χ2n) is 5.16. The molecular weight excluding hydrogens is 278 g/mol. The van der Waals surface area contributed by atoms with Crippen molar-refractivity contribution in [1.29, 1.82) is 5.26 Å². The van der Waals surface area contributed by atoms with Gasteiger partial charge in [-0.3, -0.25) is 0 Å². The number of ether oxygens (including phenoxy) is 1. The molecule has 1 fully saturated rings. The van der Waals surface area contributed by atoms with E-state index in [1.54, 1.807) is 42.5 Å². The molecule has 0 aliphatic carbocycles. The van der Waals surface area contributed by atoms with Crippen molar-refractivity contribution in [2.24, 2.45) is 0 Å². The zero-order chi connectivity index (χ0) is 15.7. The van der Waals surface area contributed by atoms with Crippen molar-refractivity contribution in [2.75, 3.05) is 0 Å². The molecular formula is C18H13NO3. The predicted molar refractivity (Wildman–Crippen MR) is 80.0 cm³/mol. The van der Waals surface area contributed by atoms with E-state index in [-0.39, 0.29) is 11.7 Å². The van der Waals surface area contributed by atoms with E-state index in [4.69, 9.17) is 10.00 Å². The van der Waals surface area contributed by atoms with Gasteiger partial charge in [-0.05, 0) is 35.4 Å². The van der Waals surface area contributed by atoms with Gasteiger partial charge in [0.1, 0.15) is 11.9 Å². The Bertz CT molecular complexity index is 787. The van der Waals surface area contributed by atoms with Gasteiger partial charge < -0.3 is 9.84 Å². The first-order chi connectivity index (χ1) is 10.6. The highest BCUT2D eigenvalue weighted by molar-refractivity contribution is 5.92. The normalized spacial score (nSPS) is 20.5. The summed E-state index contributed by atoms with van der Waals surface area (Å²) >= 11 is 0. The van der Waals surface area contributed by atoms with Crippen LogP contribution in [0.1, 0.15) is 28.7 Å². The number of hydrogen-bond acceptors (Lipinski definition) is 4. The van der Waals surface area contributed by atoms with Crippen LogP contribution in [0.25, 0.3) is 0 Å². The van der Waals surface area contributed by atoms with Gasteiger partial charge in [0.25, 0.3) is 0 Å². The van der Waals surface area contributed by atoms with Crippen LogP contribution in [0.3, 0.4) is 0 Å². The van der Waals surface area contributed by atoms with Crippen LogP contribution in [0, 0.1) is 11.3 Å². The van der Waals surface area contributed by atoms with Crippen LogP contribution >= 0.6 is 0 Å². The lowest BCUT2D eigenvalue weighted by molar-refractivity contribution is -0.139. The first kappa shape index (κ1) is 13.9. The summed E-state index contributed by atoms with van der Waals surface area (Å²) in [6, 6.07) is 15.7. The predicted octanol–water partition coefficient (Wildman–Crippen LogP) is 3.20. The fourth-order valence-electron chi connectivity index (χ4n) is 2.67. The van der Waals surface area contributed by atoms with E-state index in [1.807, 2.05) is 6.07 Å². The largest absolute Gasteiger partial charge is 0.508 e. The van der Waals surface area contributed by atoms with Crippen molar-refractivity contribution in [1.82, 2.24) is 0 Å². The lowest BCUT2D eigenvalue weighted by Crippen LogP contribution is -2.07. The monoisotopic (exact) mass is 291 g/mol. The van der Waals surface area contributed by atoms with Gasteiger partial charge in [0.15, 0.2) is 0 Å². The maximum absolute atomic E-state index is 11.9. The summed E-state index contributed by atoms with van der Waals surface area (Å²) in [7, 11) is 0. The van der Waals surface area contributed by atoms with E-state index >= 15 is 0 Å². The Labute approximate surface area is 127 Å². The maximum atomic E-state index is 11.9. The highest BCUT2D eigenvalue weighted by Gasteiger charge is 2.40. The van der Waals surface area contributed by atoms with Crippen molar-refractivity contribution < 1.29 is 14.6 Å². The molecule has 0 amide bonds. The Morgan fingerprint density at radius 1 is 1.14 bits per heavy atom. The molecule has 0 unspecified atom stereocenters. The fraction of sp³-hybridized carbons (Fsp3) is 0.111. The standard InChI is InChI=1S/C18H13NO3/c1-11-16(14-4-2-3-12(9-14)10-19)17(22-18(11)21)13-5-7-15(20)8-6-13/h2-9,16-17,20H,1H2/t16-,17+/m0/s1. The Morgan fingerprint density at radius 2 is 1.86 bits per heavy atom. The molecule has 22 heavy (non-hydrogen) atoms. The van der Waals surface area contributed by atoms with E-state index in [9.17, 15) is 9.90 Å². The highest BCUT2D eigenvalue weighted by Crippen LogP contribution is 2.45. The smallest absolute Gasteiger partial charge is 0.334 e. The molecule has 0 radical (unpaired) electrons. The number of aromatic hydroxyl groups is 1. The molecule has 1 saturated heterocycles. The SMILES string of the molecule is C=C1C(=O)O[C@H](c2ccc(O)cc2)[C@@H]1c1cccc(C#N)c1. The Balaban J connectivity index is 2.05. The van der Waals surface area contributed by atoms with Gasteiger partial charge in [0.05, 0.1) is 17.6 Å². The zero-order valence-corrected chi connectivity index (χ0v) is 11.7. The topological polar surface area (TPSA) is 70.3 Å². The van der Waals surface area contributed by atoms with Gasteiger partial charge in [0.2, 0.25) is 0 Å². The number of esters is 1. The summed E-state index contributed by atoms with van der Waals surface area (Å²) in [5.41, 5.74) is 2.48. The van der Waals surface area contributed by atoms with Crippen molar-refractivity contribution in [3.63, 3.8) is 0 Å². The van der Waals surface area contributed by atoms with Crippen LogP contribution < -0.4 is 0 Å². The highest BCUT2D eigenvalue weighted by atomic mass is 16.6. The molecule has 0 bridgehead atoms. The third-order valence-corrected chi connectivity index (χ3v) is 3.77. The van der Waals surface area contributed by atoms with E-state index in [1.165, 1.54) is 0 Å². The van der Waals surface area contributed by atoms with Crippen LogP contribution in [0.15, 0.2) is 60.7 Å². The van der Waals surface area contributed by atoms with Crippen LogP contribution in [0.2, 0.25) is 0 Å². The number of carbonyl (C=O) groups excluding carboxylic acids is 1. The number of cyclic esters (lactones) is 1. The Morgan fingerprint density at radius 3 is 2.55 bits per heavy atom. The molecule has 1 aliphatic rings. The lowest BCUT2D eigenvalue weighted by atomic mass is 9.85. The average Bonchev–Trinajstić information content (AvgIpc) is 2.83. The molecule has 0 spiro atoms. The number of benzene rings is 2. The van der Waals surface area contributed by atoms with Crippen LogP contribution in [-0.4, -0.2) is 11.1 Å². The first-order valence-electron chi connectivity index (χ1n) is 6.79. The second kappa shape index (κ2) is 5.38. The third kappa shape index (κ3) is 2.33. The molecule has 1 aliphatic heterocycles. The van der Waals surface area contributed by atoms with Gasteiger partial charge >= 0.3 is 5.97 Å². The van der Waals surface area contributed by atoms with Crippen molar-refractivity contribution in [3.05, 3.63) is 77.4 Å². The number of phenolic OH excluding ortho intramolecular Hbond substituents is 1. The average molecular weight is 291 g/mol. The second-order valence-corrected chi connectivity index (χ2v) is 5.16. The van der Waals surface area contributed by atoms with E-state index in [0.717, 1.165) is 11.1 Å². The van der Waals surface area contributed by atoms with Crippen LogP contribution in [0.5, 0.6) is 5.75 Å². The van der Waals surface area contributed by atoms with E-state index in [0.29, 0.717) is 11.1 Å². The minimum Gasteiger partial charge on any atom is -0.508 e.